The Morgan fingerprint density at radius 2 is 1.36 bits per heavy atom. The number of carbonyl (C=O) groups excluding carboxylic acids is 1. The van der Waals surface area contributed by atoms with Gasteiger partial charge in [-0.15, -0.1) is 11.6 Å². The SMILES string of the molecule is CC(C)(C)OC(=O)N1CCC2(CC1)CCN(c1ccc(/C(=C(/CCCl)c3ccccc3)c3ccc(O)cc3)cc1)CC2. The Hall–Kier alpha value is -3.44. The topological polar surface area (TPSA) is 53.0 Å². The Morgan fingerprint density at radius 3 is 1.90 bits per heavy atom. The molecule has 0 atom stereocenters. The molecule has 2 fully saturated rings. The molecule has 2 aliphatic rings. The number of carbonyl (C=O) groups is 1. The molecule has 0 aliphatic carbocycles. The van der Waals surface area contributed by atoms with E-state index in [4.69, 9.17) is 16.3 Å². The van der Waals surface area contributed by atoms with Gasteiger partial charge in [0.25, 0.3) is 0 Å². The average Bonchev–Trinajstić information content (AvgIpc) is 2.98. The van der Waals surface area contributed by atoms with E-state index in [0.29, 0.717) is 11.3 Å². The first-order valence-corrected chi connectivity index (χ1v) is 15.7. The first-order valence-electron chi connectivity index (χ1n) is 15.1. The van der Waals surface area contributed by atoms with Crippen LogP contribution in [0.25, 0.3) is 11.1 Å². The summed E-state index contributed by atoms with van der Waals surface area (Å²) in [6.45, 7) is 9.37. The zero-order valence-electron chi connectivity index (χ0n) is 25.1. The summed E-state index contributed by atoms with van der Waals surface area (Å²) in [6.07, 6.45) is 4.93. The van der Waals surface area contributed by atoms with Crippen LogP contribution in [0.15, 0.2) is 78.9 Å². The van der Waals surface area contributed by atoms with E-state index in [1.54, 1.807) is 12.1 Å². The molecule has 0 unspecified atom stereocenters. The standard InChI is InChI=1S/C36H43ClN2O3/c1-35(2,3)42-34(41)39-25-20-36(21-26-39)18-23-38(24-19-36)30-13-9-28(10-14-30)33(29-11-15-31(40)16-12-29)32(17-22-37)27-7-5-4-6-8-27/h4-16,40H,17-26H2,1-3H3/b33-32+. The summed E-state index contributed by atoms with van der Waals surface area (Å²) in [5.41, 5.74) is 6.78. The highest BCUT2D eigenvalue weighted by atomic mass is 35.5. The Balaban J connectivity index is 1.31. The molecule has 3 aromatic rings. The molecular formula is C36H43ClN2O3. The van der Waals surface area contributed by atoms with Gasteiger partial charge in [0, 0.05) is 37.7 Å². The minimum absolute atomic E-state index is 0.183. The third kappa shape index (κ3) is 7.12. The second-order valence-corrected chi connectivity index (χ2v) is 13.1. The number of ether oxygens (including phenoxy) is 1. The molecule has 2 aliphatic heterocycles. The van der Waals surface area contributed by atoms with Crippen LogP contribution in [-0.2, 0) is 4.74 Å². The lowest BCUT2D eigenvalue weighted by Crippen LogP contribution is -2.49. The summed E-state index contributed by atoms with van der Waals surface area (Å²) < 4.78 is 5.60. The number of rotatable bonds is 6. The van der Waals surface area contributed by atoms with E-state index < -0.39 is 5.60 Å². The van der Waals surface area contributed by atoms with Crippen molar-refractivity contribution in [3.8, 4) is 5.75 Å². The van der Waals surface area contributed by atoms with Gasteiger partial charge in [0.05, 0.1) is 0 Å². The highest BCUT2D eigenvalue weighted by Crippen LogP contribution is 2.43. The van der Waals surface area contributed by atoms with Gasteiger partial charge in [0.2, 0.25) is 0 Å². The predicted molar refractivity (Wildman–Crippen MR) is 173 cm³/mol. The summed E-state index contributed by atoms with van der Waals surface area (Å²) in [7, 11) is 0. The first-order chi connectivity index (χ1) is 20.2. The van der Waals surface area contributed by atoms with Crippen molar-refractivity contribution in [2.45, 2.75) is 58.5 Å². The largest absolute Gasteiger partial charge is 0.508 e. The quantitative estimate of drug-likeness (QED) is 0.232. The maximum absolute atomic E-state index is 12.5. The second-order valence-electron chi connectivity index (χ2n) is 12.7. The molecule has 0 aromatic heterocycles. The van der Waals surface area contributed by atoms with Crippen LogP contribution in [0.3, 0.4) is 0 Å². The fourth-order valence-electron chi connectivity index (χ4n) is 6.36. The van der Waals surface area contributed by atoms with E-state index in [2.05, 4.69) is 53.4 Å². The van der Waals surface area contributed by atoms with Gasteiger partial charge in [0.1, 0.15) is 11.4 Å². The van der Waals surface area contributed by atoms with Crippen molar-refractivity contribution in [2.75, 3.05) is 37.0 Å². The zero-order valence-corrected chi connectivity index (χ0v) is 25.9. The molecule has 6 heteroatoms. The van der Waals surface area contributed by atoms with Gasteiger partial charge >= 0.3 is 6.09 Å². The molecule has 0 saturated carbocycles. The molecule has 1 spiro atoms. The number of anilines is 1. The number of phenols is 1. The van der Waals surface area contributed by atoms with Crippen LogP contribution >= 0.6 is 11.6 Å². The number of halogens is 1. The van der Waals surface area contributed by atoms with Crippen LogP contribution in [0.4, 0.5) is 10.5 Å². The van der Waals surface area contributed by atoms with Gasteiger partial charge in [-0.1, -0.05) is 54.6 Å². The Labute approximate surface area is 255 Å². The molecule has 5 nitrogen and oxygen atoms in total. The van der Waals surface area contributed by atoms with Crippen LogP contribution in [0.1, 0.15) is 69.6 Å². The van der Waals surface area contributed by atoms with Crippen LogP contribution in [0.2, 0.25) is 0 Å². The summed E-state index contributed by atoms with van der Waals surface area (Å²) in [5, 5.41) is 9.95. The molecule has 42 heavy (non-hydrogen) atoms. The van der Waals surface area contributed by atoms with Crippen LogP contribution in [-0.4, -0.2) is 53.8 Å². The van der Waals surface area contributed by atoms with E-state index in [1.807, 2.05) is 43.9 Å². The minimum atomic E-state index is -0.457. The number of nitrogens with zero attached hydrogens (tertiary/aromatic N) is 2. The van der Waals surface area contributed by atoms with Gasteiger partial charge in [-0.2, -0.15) is 0 Å². The van der Waals surface area contributed by atoms with Crippen LogP contribution in [0.5, 0.6) is 5.75 Å². The fraction of sp³-hybridized carbons (Fsp3) is 0.417. The smallest absolute Gasteiger partial charge is 0.410 e. The van der Waals surface area contributed by atoms with Crippen molar-refractivity contribution in [2.24, 2.45) is 5.41 Å². The third-order valence-electron chi connectivity index (χ3n) is 8.75. The Kier molecular flexibility index (Phi) is 9.17. The Bertz CT molecular complexity index is 1360. The fourth-order valence-corrected chi connectivity index (χ4v) is 6.55. The van der Waals surface area contributed by atoms with Crippen LogP contribution in [0, 0.1) is 5.41 Å². The number of aromatic hydroxyl groups is 1. The van der Waals surface area contributed by atoms with E-state index in [9.17, 15) is 9.90 Å². The number of allylic oxidation sites excluding steroid dienone is 1. The number of amides is 1. The summed E-state index contributed by atoms with van der Waals surface area (Å²) in [6, 6.07) is 26.8. The maximum Gasteiger partial charge on any atom is 0.410 e. The zero-order chi connectivity index (χ0) is 29.7. The first kappa shape index (κ1) is 30.0. The van der Waals surface area contributed by atoms with Crippen molar-refractivity contribution in [1.29, 1.82) is 0 Å². The van der Waals surface area contributed by atoms with Crippen molar-refractivity contribution in [3.63, 3.8) is 0 Å². The molecule has 3 aromatic carbocycles. The molecule has 1 amide bonds. The maximum atomic E-state index is 12.5. The molecule has 5 rings (SSSR count). The average molecular weight is 587 g/mol. The lowest BCUT2D eigenvalue weighted by Gasteiger charge is -2.47. The molecular weight excluding hydrogens is 544 g/mol. The van der Waals surface area contributed by atoms with E-state index in [1.165, 1.54) is 11.3 Å². The summed E-state index contributed by atoms with van der Waals surface area (Å²) in [5.74, 6) is 0.778. The third-order valence-corrected chi connectivity index (χ3v) is 8.93. The van der Waals surface area contributed by atoms with Crippen molar-refractivity contribution >= 4 is 34.5 Å². The lowest BCUT2D eigenvalue weighted by atomic mass is 9.71. The molecule has 2 saturated heterocycles. The highest BCUT2D eigenvalue weighted by Gasteiger charge is 2.39. The van der Waals surface area contributed by atoms with E-state index in [-0.39, 0.29) is 11.8 Å². The van der Waals surface area contributed by atoms with Crippen LogP contribution < -0.4 is 4.90 Å². The van der Waals surface area contributed by atoms with E-state index in [0.717, 1.165) is 80.5 Å². The number of benzene rings is 3. The van der Waals surface area contributed by atoms with Crippen molar-refractivity contribution < 1.29 is 14.6 Å². The number of hydrogen-bond donors (Lipinski definition) is 1. The van der Waals surface area contributed by atoms with E-state index >= 15 is 0 Å². The summed E-state index contributed by atoms with van der Waals surface area (Å²) >= 11 is 6.32. The van der Waals surface area contributed by atoms with Gasteiger partial charge in [-0.05, 0) is 110 Å². The number of phenolic OH excluding ortho intramolecular Hbond substituents is 1. The van der Waals surface area contributed by atoms with Gasteiger partial charge < -0.3 is 19.6 Å². The summed E-state index contributed by atoms with van der Waals surface area (Å²) in [4.78, 5) is 16.9. The lowest BCUT2D eigenvalue weighted by molar-refractivity contribution is 0.00666. The molecule has 1 N–H and O–H groups in total. The van der Waals surface area contributed by atoms with Crippen molar-refractivity contribution in [3.05, 3.63) is 95.6 Å². The normalized spacial score (nSPS) is 17.6. The molecule has 0 radical (unpaired) electrons. The van der Waals surface area contributed by atoms with Crippen molar-refractivity contribution in [1.82, 2.24) is 4.90 Å². The number of piperidine rings is 2. The predicted octanol–water partition coefficient (Wildman–Crippen LogP) is 8.60. The van der Waals surface area contributed by atoms with Gasteiger partial charge in [-0.25, -0.2) is 4.79 Å². The number of hydrogen-bond acceptors (Lipinski definition) is 4. The Morgan fingerprint density at radius 1 is 0.810 bits per heavy atom. The highest BCUT2D eigenvalue weighted by molar-refractivity contribution is 6.18. The second kappa shape index (κ2) is 12.8. The van der Waals surface area contributed by atoms with Gasteiger partial charge in [-0.3, -0.25) is 0 Å². The number of likely N-dealkylation sites (tertiary alicyclic amines) is 1. The molecule has 2 heterocycles. The monoisotopic (exact) mass is 586 g/mol. The van der Waals surface area contributed by atoms with Gasteiger partial charge in [0.15, 0.2) is 0 Å². The minimum Gasteiger partial charge on any atom is -0.508 e. The molecule has 0 bridgehead atoms. The number of alkyl halides is 1. The molecule has 222 valence electrons.